The molecule has 0 fully saturated rings. The number of hydrogen-bond donors (Lipinski definition) is 0. The van der Waals surface area contributed by atoms with E-state index in [-0.39, 0.29) is 11.3 Å². The summed E-state index contributed by atoms with van der Waals surface area (Å²) in [5, 5.41) is 0. The molecule has 0 aromatic heterocycles. The first-order chi connectivity index (χ1) is 6.57. The SMILES string of the molecule is COC(=O)c1c(Br)cccc1C(C)=O. The minimum absolute atomic E-state index is 0.160. The molecule has 0 aliphatic heterocycles. The largest absolute Gasteiger partial charge is 0.465 e. The van der Waals surface area contributed by atoms with Crippen molar-refractivity contribution in [1.29, 1.82) is 0 Å². The summed E-state index contributed by atoms with van der Waals surface area (Å²) in [6.07, 6.45) is 0. The van der Waals surface area contributed by atoms with E-state index >= 15 is 0 Å². The number of halogens is 1. The van der Waals surface area contributed by atoms with Crippen molar-refractivity contribution in [3.63, 3.8) is 0 Å². The molecular weight excluding hydrogens is 248 g/mol. The fourth-order valence-electron chi connectivity index (χ4n) is 1.13. The number of benzene rings is 1. The lowest BCUT2D eigenvalue weighted by Crippen LogP contribution is -2.09. The molecule has 4 heteroatoms. The van der Waals surface area contributed by atoms with Gasteiger partial charge in [0, 0.05) is 10.0 Å². The second-order valence-corrected chi connectivity index (χ2v) is 3.56. The molecule has 1 aromatic rings. The molecule has 0 bridgehead atoms. The average molecular weight is 257 g/mol. The van der Waals surface area contributed by atoms with Crippen LogP contribution in [0.5, 0.6) is 0 Å². The lowest BCUT2D eigenvalue weighted by atomic mass is 10.0. The highest BCUT2D eigenvalue weighted by molar-refractivity contribution is 9.10. The summed E-state index contributed by atoms with van der Waals surface area (Å²) < 4.78 is 5.15. The van der Waals surface area contributed by atoms with Crippen LogP contribution in [0.15, 0.2) is 22.7 Å². The topological polar surface area (TPSA) is 43.4 Å². The summed E-state index contributed by atoms with van der Waals surface area (Å²) in [7, 11) is 1.28. The number of esters is 1. The van der Waals surface area contributed by atoms with Gasteiger partial charge in [-0.25, -0.2) is 4.79 Å². The second-order valence-electron chi connectivity index (χ2n) is 2.71. The minimum atomic E-state index is -0.511. The fraction of sp³-hybridized carbons (Fsp3) is 0.200. The number of carbonyl (C=O) groups is 2. The van der Waals surface area contributed by atoms with Crippen LogP contribution in [0, 0.1) is 0 Å². The van der Waals surface area contributed by atoms with Crippen LogP contribution in [-0.2, 0) is 4.74 Å². The smallest absolute Gasteiger partial charge is 0.339 e. The van der Waals surface area contributed by atoms with Crippen LogP contribution in [0.4, 0.5) is 0 Å². The molecule has 0 radical (unpaired) electrons. The Bertz CT molecular complexity index is 385. The highest BCUT2D eigenvalue weighted by Crippen LogP contribution is 2.21. The Morgan fingerprint density at radius 2 is 2.00 bits per heavy atom. The van der Waals surface area contributed by atoms with Crippen molar-refractivity contribution >= 4 is 27.7 Å². The monoisotopic (exact) mass is 256 g/mol. The van der Waals surface area contributed by atoms with Crippen molar-refractivity contribution < 1.29 is 14.3 Å². The van der Waals surface area contributed by atoms with Crippen LogP contribution in [0.3, 0.4) is 0 Å². The van der Waals surface area contributed by atoms with Gasteiger partial charge in [0.1, 0.15) is 0 Å². The van der Waals surface area contributed by atoms with Crippen molar-refractivity contribution in [2.24, 2.45) is 0 Å². The van der Waals surface area contributed by atoms with Crippen molar-refractivity contribution in [1.82, 2.24) is 0 Å². The van der Waals surface area contributed by atoms with E-state index in [0.717, 1.165) is 0 Å². The van der Waals surface area contributed by atoms with E-state index in [4.69, 9.17) is 0 Å². The third-order valence-corrected chi connectivity index (χ3v) is 2.44. The first kappa shape index (κ1) is 10.9. The number of hydrogen-bond acceptors (Lipinski definition) is 3. The molecule has 0 saturated heterocycles. The van der Waals surface area contributed by atoms with Crippen LogP contribution in [0.2, 0.25) is 0 Å². The van der Waals surface area contributed by atoms with Crippen molar-refractivity contribution in [2.45, 2.75) is 6.92 Å². The van der Waals surface area contributed by atoms with Gasteiger partial charge in [-0.3, -0.25) is 4.79 Å². The highest BCUT2D eigenvalue weighted by atomic mass is 79.9. The number of carbonyl (C=O) groups excluding carboxylic acids is 2. The maximum atomic E-state index is 11.4. The summed E-state index contributed by atoms with van der Waals surface area (Å²) in [5.74, 6) is -0.672. The molecule has 0 atom stereocenters. The Morgan fingerprint density at radius 1 is 1.36 bits per heavy atom. The van der Waals surface area contributed by atoms with E-state index in [1.54, 1.807) is 18.2 Å². The zero-order valence-electron chi connectivity index (χ0n) is 7.83. The first-order valence-corrected chi connectivity index (χ1v) is 4.75. The Kier molecular flexibility index (Phi) is 3.41. The van der Waals surface area contributed by atoms with E-state index in [2.05, 4.69) is 20.7 Å². The summed E-state index contributed by atoms with van der Waals surface area (Å²) >= 11 is 3.20. The predicted octanol–water partition coefficient (Wildman–Crippen LogP) is 2.44. The number of rotatable bonds is 2. The summed E-state index contributed by atoms with van der Waals surface area (Å²) in [6, 6.07) is 4.99. The minimum Gasteiger partial charge on any atom is -0.465 e. The maximum Gasteiger partial charge on any atom is 0.339 e. The van der Waals surface area contributed by atoms with Crippen LogP contribution < -0.4 is 0 Å². The Hall–Kier alpha value is -1.16. The first-order valence-electron chi connectivity index (χ1n) is 3.95. The molecule has 0 aliphatic rings. The highest BCUT2D eigenvalue weighted by Gasteiger charge is 2.17. The van der Waals surface area contributed by atoms with Gasteiger partial charge in [0.05, 0.1) is 12.7 Å². The van der Waals surface area contributed by atoms with Gasteiger partial charge >= 0.3 is 5.97 Å². The fourth-order valence-corrected chi connectivity index (χ4v) is 1.66. The van der Waals surface area contributed by atoms with Crippen LogP contribution >= 0.6 is 15.9 Å². The molecule has 0 spiro atoms. The molecule has 1 rings (SSSR count). The molecule has 0 aliphatic carbocycles. The number of methoxy groups -OCH3 is 1. The molecular formula is C10H9BrO3. The Balaban J connectivity index is 3.36. The molecule has 0 saturated carbocycles. The van der Waals surface area contributed by atoms with E-state index in [1.807, 2.05) is 0 Å². The van der Waals surface area contributed by atoms with Gasteiger partial charge in [0.15, 0.2) is 5.78 Å². The molecule has 1 aromatic carbocycles. The number of Topliss-reactive ketones (excluding diaryl/α,β-unsaturated/α-hetero) is 1. The van der Waals surface area contributed by atoms with Crippen molar-refractivity contribution in [3.05, 3.63) is 33.8 Å². The third-order valence-electron chi connectivity index (χ3n) is 1.78. The van der Waals surface area contributed by atoms with E-state index < -0.39 is 5.97 Å². The van der Waals surface area contributed by atoms with Crippen molar-refractivity contribution in [3.8, 4) is 0 Å². The lowest BCUT2D eigenvalue weighted by Gasteiger charge is -2.06. The molecule has 14 heavy (non-hydrogen) atoms. The maximum absolute atomic E-state index is 11.4. The second kappa shape index (κ2) is 4.37. The molecule has 0 amide bonds. The zero-order chi connectivity index (χ0) is 10.7. The summed E-state index contributed by atoms with van der Waals surface area (Å²) in [6.45, 7) is 1.41. The Labute approximate surface area is 90.2 Å². The molecule has 3 nitrogen and oxygen atoms in total. The van der Waals surface area contributed by atoms with Gasteiger partial charge in [-0.15, -0.1) is 0 Å². The van der Waals surface area contributed by atoms with Crippen LogP contribution in [0.25, 0.3) is 0 Å². The third kappa shape index (κ3) is 2.01. The standard InChI is InChI=1S/C10H9BrO3/c1-6(12)7-4-3-5-8(11)9(7)10(13)14-2/h3-5H,1-2H3. The normalized spacial score (nSPS) is 9.64. The van der Waals surface area contributed by atoms with Crippen LogP contribution in [0.1, 0.15) is 27.6 Å². The lowest BCUT2D eigenvalue weighted by molar-refractivity contribution is 0.0596. The van der Waals surface area contributed by atoms with E-state index in [9.17, 15) is 9.59 Å². The van der Waals surface area contributed by atoms with E-state index in [1.165, 1.54) is 14.0 Å². The Morgan fingerprint density at radius 3 is 2.50 bits per heavy atom. The quantitative estimate of drug-likeness (QED) is 0.603. The van der Waals surface area contributed by atoms with Gasteiger partial charge in [-0.1, -0.05) is 12.1 Å². The zero-order valence-corrected chi connectivity index (χ0v) is 9.42. The molecule has 0 N–H and O–H groups in total. The van der Waals surface area contributed by atoms with Crippen molar-refractivity contribution in [2.75, 3.05) is 7.11 Å². The van der Waals surface area contributed by atoms with Gasteiger partial charge in [0.25, 0.3) is 0 Å². The number of ether oxygens (including phenoxy) is 1. The average Bonchev–Trinajstić information content (AvgIpc) is 2.16. The molecule has 0 unspecified atom stereocenters. The van der Waals surface area contributed by atoms with Gasteiger partial charge < -0.3 is 4.74 Å². The van der Waals surface area contributed by atoms with Crippen LogP contribution in [-0.4, -0.2) is 18.9 Å². The van der Waals surface area contributed by atoms with Gasteiger partial charge in [0.2, 0.25) is 0 Å². The molecule has 0 heterocycles. The summed E-state index contributed by atoms with van der Waals surface area (Å²) in [4.78, 5) is 22.6. The summed E-state index contributed by atoms with van der Waals surface area (Å²) in [5.41, 5.74) is 0.647. The van der Waals surface area contributed by atoms with E-state index in [0.29, 0.717) is 10.0 Å². The van der Waals surface area contributed by atoms with Gasteiger partial charge in [-0.05, 0) is 28.9 Å². The number of ketones is 1. The molecule has 74 valence electrons. The van der Waals surface area contributed by atoms with Gasteiger partial charge in [-0.2, -0.15) is 0 Å². The predicted molar refractivity (Wildman–Crippen MR) is 55.5 cm³/mol.